The van der Waals surface area contributed by atoms with Gasteiger partial charge in [0.1, 0.15) is 10.4 Å². The zero-order valence-electron chi connectivity index (χ0n) is 14.8. The maximum atomic E-state index is 12.3. The molecule has 0 spiro atoms. The monoisotopic (exact) mass is 361 g/mol. The Hall–Kier alpha value is -2.59. The highest BCUT2D eigenvalue weighted by Crippen LogP contribution is 2.48. The van der Waals surface area contributed by atoms with Gasteiger partial charge in [-0.1, -0.05) is 31.2 Å². The number of nitrogens with one attached hydrogen (secondary N) is 1. The molecule has 0 amide bonds. The molecule has 0 saturated heterocycles. The van der Waals surface area contributed by atoms with Crippen LogP contribution in [-0.4, -0.2) is 12.1 Å². The van der Waals surface area contributed by atoms with Crippen LogP contribution >= 0.6 is 11.3 Å². The van der Waals surface area contributed by atoms with Crippen molar-refractivity contribution in [2.45, 2.75) is 25.2 Å². The van der Waals surface area contributed by atoms with Crippen LogP contribution in [-0.2, 0) is 5.41 Å². The predicted molar refractivity (Wildman–Crippen MR) is 109 cm³/mol. The Morgan fingerprint density at radius 3 is 2.54 bits per heavy atom. The number of rotatable bonds is 3. The SMILES string of the molecule is COc1ccc2[nH]c(=O)c3sccc3c2c1-c1ccc(C2(C)CC2)cc1. The van der Waals surface area contributed by atoms with Gasteiger partial charge in [-0.25, -0.2) is 0 Å². The van der Waals surface area contributed by atoms with Crippen molar-refractivity contribution in [1.29, 1.82) is 0 Å². The van der Waals surface area contributed by atoms with Gasteiger partial charge in [0.25, 0.3) is 5.56 Å². The third-order valence-corrected chi connectivity index (χ3v) is 6.56. The molecule has 1 saturated carbocycles. The first kappa shape index (κ1) is 15.6. The van der Waals surface area contributed by atoms with Crippen molar-refractivity contribution < 1.29 is 4.74 Å². The maximum absolute atomic E-state index is 12.3. The van der Waals surface area contributed by atoms with E-state index in [1.54, 1.807) is 7.11 Å². The third-order valence-electron chi connectivity index (χ3n) is 5.65. The molecule has 1 N–H and O–H groups in total. The molecule has 0 radical (unpaired) electrons. The number of thiophene rings is 1. The molecule has 1 fully saturated rings. The van der Waals surface area contributed by atoms with Crippen LogP contribution in [0.3, 0.4) is 0 Å². The van der Waals surface area contributed by atoms with E-state index in [9.17, 15) is 4.79 Å². The summed E-state index contributed by atoms with van der Waals surface area (Å²) in [7, 11) is 1.70. The van der Waals surface area contributed by atoms with Gasteiger partial charge in [0.2, 0.25) is 0 Å². The third kappa shape index (κ3) is 2.22. The van der Waals surface area contributed by atoms with Crippen LogP contribution in [0.2, 0.25) is 0 Å². The van der Waals surface area contributed by atoms with Crippen LogP contribution in [0.25, 0.3) is 32.1 Å². The second kappa shape index (κ2) is 5.45. The Kier molecular flexibility index (Phi) is 3.28. The Labute approximate surface area is 155 Å². The highest BCUT2D eigenvalue weighted by Gasteiger charge is 2.38. The largest absolute Gasteiger partial charge is 0.496 e. The number of aromatic nitrogens is 1. The number of ether oxygens (including phenoxy) is 1. The second-order valence-corrected chi connectivity index (χ2v) is 8.24. The summed E-state index contributed by atoms with van der Waals surface area (Å²) in [5.41, 5.74) is 4.71. The molecule has 0 aliphatic heterocycles. The fourth-order valence-electron chi connectivity index (χ4n) is 3.80. The lowest BCUT2D eigenvalue weighted by molar-refractivity contribution is 0.417. The van der Waals surface area contributed by atoms with E-state index in [4.69, 9.17) is 4.74 Å². The molecule has 130 valence electrons. The van der Waals surface area contributed by atoms with Crippen LogP contribution < -0.4 is 10.3 Å². The van der Waals surface area contributed by atoms with Gasteiger partial charge in [-0.3, -0.25) is 4.79 Å². The van der Waals surface area contributed by atoms with Crippen molar-refractivity contribution in [2.24, 2.45) is 0 Å². The summed E-state index contributed by atoms with van der Waals surface area (Å²) in [5.74, 6) is 0.822. The zero-order chi connectivity index (χ0) is 17.9. The maximum Gasteiger partial charge on any atom is 0.266 e. The number of hydrogen-bond donors (Lipinski definition) is 1. The summed E-state index contributed by atoms with van der Waals surface area (Å²) in [6.07, 6.45) is 2.53. The highest BCUT2D eigenvalue weighted by atomic mass is 32.1. The van der Waals surface area contributed by atoms with Gasteiger partial charge in [0.05, 0.1) is 7.11 Å². The molecular weight excluding hydrogens is 342 g/mol. The molecule has 2 aromatic carbocycles. The predicted octanol–water partition coefficient (Wildman–Crippen LogP) is 5.47. The van der Waals surface area contributed by atoms with E-state index >= 15 is 0 Å². The Morgan fingerprint density at radius 2 is 1.85 bits per heavy atom. The number of hydrogen-bond acceptors (Lipinski definition) is 3. The zero-order valence-corrected chi connectivity index (χ0v) is 15.6. The number of pyridine rings is 1. The smallest absolute Gasteiger partial charge is 0.266 e. The van der Waals surface area contributed by atoms with Gasteiger partial charge in [-0.05, 0) is 53.0 Å². The summed E-state index contributed by atoms with van der Waals surface area (Å²) in [6.45, 7) is 2.32. The molecule has 4 heteroatoms. The Bertz CT molecular complexity index is 1200. The first-order chi connectivity index (χ1) is 12.6. The van der Waals surface area contributed by atoms with Crippen molar-refractivity contribution in [3.05, 3.63) is 63.8 Å². The van der Waals surface area contributed by atoms with Crippen LogP contribution in [0.5, 0.6) is 5.75 Å². The summed E-state index contributed by atoms with van der Waals surface area (Å²) < 4.78 is 6.44. The number of methoxy groups -OCH3 is 1. The number of fused-ring (bicyclic) bond motifs is 3. The molecule has 26 heavy (non-hydrogen) atoms. The molecule has 3 nitrogen and oxygen atoms in total. The number of benzene rings is 2. The lowest BCUT2D eigenvalue weighted by Crippen LogP contribution is -2.05. The second-order valence-electron chi connectivity index (χ2n) is 7.32. The molecule has 0 unspecified atom stereocenters. The lowest BCUT2D eigenvalue weighted by atomic mass is 9.93. The van der Waals surface area contributed by atoms with Gasteiger partial charge in [-0.15, -0.1) is 11.3 Å². The molecule has 4 aromatic rings. The Balaban J connectivity index is 1.83. The molecule has 2 aromatic heterocycles. The molecular formula is C22H19NO2S. The van der Waals surface area contributed by atoms with Gasteiger partial charge in [0.15, 0.2) is 0 Å². The van der Waals surface area contributed by atoms with Crippen LogP contribution in [0, 0.1) is 0 Å². The summed E-state index contributed by atoms with van der Waals surface area (Å²) in [4.78, 5) is 15.4. The lowest BCUT2D eigenvalue weighted by Gasteiger charge is -2.15. The first-order valence-electron chi connectivity index (χ1n) is 8.82. The average Bonchev–Trinajstić information content (AvgIpc) is 3.21. The molecule has 1 aliphatic carbocycles. The van der Waals surface area contributed by atoms with Gasteiger partial charge in [-0.2, -0.15) is 0 Å². The van der Waals surface area contributed by atoms with Gasteiger partial charge < -0.3 is 9.72 Å². The normalized spacial score (nSPS) is 15.5. The molecule has 2 heterocycles. The van der Waals surface area contributed by atoms with Crippen LogP contribution in [0.1, 0.15) is 25.3 Å². The number of H-pyrrole nitrogens is 1. The molecule has 1 aliphatic rings. The highest BCUT2D eigenvalue weighted by molar-refractivity contribution is 7.17. The van der Waals surface area contributed by atoms with Crippen LogP contribution in [0.4, 0.5) is 0 Å². The van der Waals surface area contributed by atoms with Crippen molar-refractivity contribution in [1.82, 2.24) is 4.98 Å². The van der Waals surface area contributed by atoms with E-state index in [0.717, 1.165) is 37.9 Å². The van der Waals surface area contributed by atoms with E-state index in [1.165, 1.54) is 29.7 Å². The first-order valence-corrected chi connectivity index (χ1v) is 9.70. The summed E-state index contributed by atoms with van der Waals surface area (Å²) >= 11 is 1.48. The fourth-order valence-corrected chi connectivity index (χ4v) is 4.60. The topological polar surface area (TPSA) is 42.1 Å². The quantitative estimate of drug-likeness (QED) is 0.526. The minimum atomic E-state index is -0.0318. The summed E-state index contributed by atoms with van der Waals surface area (Å²) in [5, 5.41) is 4.01. The van der Waals surface area contributed by atoms with Gasteiger partial charge in [0, 0.05) is 21.9 Å². The molecule has 0 atom stereocenters. The minimum absolute atomic E-state index is 0.0318. The van der Waals surface area contributed by atoms with E-state index in [1.807, 2.05) is 23.6 Å². The van der Waals surface area contributed by atoms with E-state index in [0.29, 0.717) is 5.41 Å². The standard InChI is InChI=1S/C22H19NO2S/c1-22(10-11-22)14-5-3-13(4-6-14)18-17(25-2)8-7-16-19(18)15-9-12-26-20(15)21(24)23-16/h3-9,12H,10-11H2,1-2H3,(H,23,24). The molecule has 0 bridgehead atoms. The van der Waals surface area contributed by atoms with E-state index in [2.05, 4.69) is 36.2 Å². The average molecular weight is 361 g/mol. The summed E-state index contributed by atoms with van der Waals surface area (Å²) in [6, 6.07) is 14.7. The van der Waals surface area contributed by atoms with Crippen molar-refractivity contribution >= 4 is 32.3 Å². The van der Waals surface area contributed by atoms with E-state index < -0.39 is 0 Å². The number of aromatic amines is 1. The van der Waals surface area contributed by atoms with Crippen molar-refractivity contribution in [3.63, 3.8) is 0 Å². The Morgan fingerprint density at radius 1 is 1.08 bits per heavy atom. The van der Waals surface area contributed by atoms with Crippen molar-refractivity contribution in [2.75, 3.05) is 7.11 Å². The van der Waals surface area contributed by atoms with Crippen LogP contribution in [0.15, 0.2) is 52.6 Å². The fraction of sp³-hybridized carbons (Fsp3) is 0.227. The van der Waals surface area contributed by atoms with E-state index in [-0.39, 0.29) is 5.56 Å². The van der Waals surface area contributed by atoms with Gasteiger partial charge >= 0.3 is 0 Å². The van der Waals surface area contributed by atoms with Crippen molar-refractivity contribution in [3.8, 4) is 16.9 Å². The molecule has 5 rings (SSSR count). The minimum Gasteiger partial charge on any atom is -0.496 e.